The van der Waals surface area contributed by atoms with Gasteiger partial charge in [0.15, 0.2) is 0 Å². The van der Waals surface area contributed by atoms with E-state index >= 15 is 0 Å². The van der Waals surface area contributed by atoms with Crippen LogP contribution in [-0.2, 0) is 5.54 Å². The van der Waals surface area contributed by atoms with E-state index < -0.39 is 5.54 Å². The highest BCUT2D eigenvalue weighted by atomic mass is 14.9. The molecule has 2 aliphatic rings. The summed E-state index contributed by atoms with van der Waals surface area (Å²) in [4.78, 5) is 9.92. The van der Waals surface area contributed by atoms with E-state index in [4.69, 9.17) is 4.99 Å². The number of allylic oxidation sites excluding steroid dienone is 1. The Morgan fingerprint density at radius 3 is 1.54 bits per heavy atom. The fourth-order valence-electron chi connectivity index (χ4n) is 7.50. The minimum atomic E-state index is -0.763. The first-order valence-electron chi connectivity index (χ1n) is 15.8. The summed E-state index contributed by atoms with van der Waals surface area (Å²) >= 11 is 0. The molecule has 1 aliphatic heterocycles. The van der Waals surface area contributed by atoms with Gasteiger partial charge in [0.25, 0.3) is 0 Å². The molecular weight excluding hydrogens is 556 g/mol. The number of rotatable bonds is 5. The predicted octanol–water partition coefficient (Wildman–Crippen LogP) is 10.7. The van der Waals surface area contributed by atoms with Crippen molar-refractivity contribution in [2.24, 2.45) is 4.99 Å². The van der Waals surface area contributed by atoms with Gasteiger partial charge in [0.05, 0.1) is 17.1 Å². The number of H-pyrrole nitrogens is 1. The lowest BCUT2D eigenvalue weighted by Gasteiger charge is -2.37. The molecule has 0 bridgehead atoms. The molecule has 9 rings (SSSR count). The summed E-state index contributed by atoms with van der Waals surface area (Å²) < 4.78 is 0. The fourth-order valence-corrected chi connectivity index (χ4v) is 7.50. The van der Waals surface area contributed by atoms with E-state index in [1.165, 1.54) is 39.0 Å². The van der Waals surface area contributed by atoms with Gasteiger partial charge in [-0.1, -0.05) is 176 Å². The number of aromatic amines is 1. The molecule has 1 atom stereocenters. The van der Waals surface area contributed by atoms with Gasteiger partial charge in [-0.3, -0.25) is 4.99 Å². The van der Waals surface area contributed by atoms with Gasteiger partial charge in [-0.25, -0.2) is 0 Å². The highest BCUT2D eigenvalue weighted by Gasteiger charge is 2.52. The van der Waals surface area contributed by atoms with Crippen LogP contribution in [0.4, 0.5) is 0 Å². The molecule has 216 valence electrons. The highest BCUT2D eigenvalue weighted by molar-refractivity contribution is 6.41. The summed E-state index contributed by atoms with van der Waals surface area (Å²) in [6.07, 6.45) is 0. The Bertz CT molecular complexity index is 2260. The molecule has 1 aliphatic carbocycles. The van der Waals surface area contributed by atoms with Crippen LogP contribution in [0.1, 0.15) is 27.8 Å². The van der Waals surface area contributed by atoms with Crippen molar-refractivity contribution < 1.29 is 0 Å². The van der Waals surface area contributed by atoms with Crippen molar-refractivity contribution in [1.82, 2.24) is 4.98 Å². The standard InChI is InChI=1S/C44H30N2/c1-6-18-30(19-7-1)37-39-40-38(31-20-8-2-9-21-31)42(33-24-12-4-13-25-33)46-44(40,34-26-14-5-15-27-34)36-29-17-16-28-35(36)43(39)45-41(37)32-22-10-3-11-23-32/h1-29,45H. The van der Waals surface area contributed by atoms with Crippen molar-refractivity contribution in [3.63, 3.8) is 0 Å². The molecular formula is C44H30N2. The molecule has 2 heteroatoms. The smallest absolute Gasteiger partial charge is 0.138 e. The SMILES string of the molecule is c1ccc(C2=NC3(c4ccccc4)C(=C2c2ccccc2)c2c([nH]c(-c4ccccc4)c2-c2ccccc2)-c2ccccc23)cc1. The third-order valence-electron chi connectivity index (χ3n) is 9.39. The second-order valence-electron chi connectivity index (χ2n) is 11.9. The number of nitrogens with zero attached hydrogens (tertiary/aromatic N) is 1. The van der Waals surface area contributed by atoms with Crippen molar-refractivity contribution >= 4 is 16.9 Å². The molecule has 6 aromatic carbocycles. The van der Waals surface area contributed by atoms with Crippen LogP contribution in [0.15, 0.2) is 181 Å². The van der Waals surface area contributed by atoms with Crippen LogP contribution in [0.2, 0.25) is 0 Å². The maximum atomic E-state index is 5.93. The van der Waals surface area contributed by atoms with E-state index in [1.54, 1.807) is 0 Å². The minimum absolute atomic E-state index is 0.763. The molecule has 46 heavy (non-hydrogen) atoms. The number of aromatic nitrogens is 1. The molecule has 0 fully saturated rings. The van der Waals surface area contributed by atoms with Gasteiger partial charge in [0.2, 0.25) is 0 Å². The topological polar surface area (TPSA) is 28.1 Å². The Balaban J connectivity index is 1.53. The summed E-state index contributed by atoms with van der Waals surface area (Å²) in [6.45, 7) is 0. The molecule has 0 spiro atoms. The zero-order valence-electron chi connectivity index (χ0n) is 25.2. The second kappa shape index (κ2) is 10.6. The van der Waals surface area contributed by atoms with E-state index in [0.29, 0.717) is 0 Å². The van der Waals surface area contributed by atoms with E-state index in [1.807, 2.05) is 0 Å². The highest BCUT2D eigenvalue weighted by Crippen LogP contribution is 2.62. The Hall–Kier alpha value is -5.99. The van der Waals surface area contributed by atoms with E-state index in [-0.39, 0.29) is 0 Å². The van der Waals surface area contributed by atoms with Crippen molar-refractivity contribution in [2.75, 3.05) is 0 Å². The molecule has 0 amide bonds. The number of benzene rings is 6. The first-order valence-corrected chi connectivity index (χ1v) is 15.8. The monoisotopic (exact) mass is 586 g/mol. The molecule has 0 radical (unpaired) electrons. The summed E-state index contributed by atoms with van der Waals surface area (Å²) in [5.74, 6) is 0. The van der Waals surface area contributed by atoms with Gasteiger partial charge in [-0.05, 0) is 27.8 Å². The van der Waals surface area contributed by atoms with Crippen LogP contribution < -0.4 is 0 Å². The third-order valence-corrected chi connectivity index (χ3v) is 9.39. The Morgan fingerprint density at radius 2 is 0.913 bits per heavy atom. The minimum Gasteiger partial charge on any atom is -0.353 e. The maximum Gasteiger partial charge on any atom is 0.138 e. The number of nitrogens with one attached hydrogen (secondary N) is 1. The van der Waals surface area contributed by atoms with Crippen LogP contribution in [-0.4, -0.2) is 10.7 Å². The van der Waals surface area contributed by atoms with Crippen molar-refractivity contribution in [3.05, 3.63) is 204 Å². The van der Waals surface area contributed by atoms with Crippen LogP contribution >= 0.6 is 0 Å². The van der Waals surface area contributed by atoms with E-state index in [2.05, 4.69) is 181 Å². The van der Waals surface area contributed by atoms with Gasteiger partial charge in [-0.2, -0.15) is 0 Å². The van der Waals surface area contributed by atoms with Crippen LogP contribution in [0.25, 0.3) is 44.8 Å². The average molecular weight is 587 g/mol. The van der Waals surface area contributed by atoms with Crippen LogP contribution in [0, 0.1) is 0 Å². The van der Waals surface area contributed by atoms with E-state index in [0.717, 1.165) is 39.4 Å². The number of hydrogen-bond donors (Lipinski definition) is 1. The lowest BCUT2D eigenvalue weighted by Crippen LogP contribution is -2.29. The summed E-state index contributed by atoms with van der Waals surface area (Å²) in [7, 11) is 0. The van der Waals surface area contributed by atoms with Gasteiger partial charge in [0.1, 0.15) is 5.54 Å². The van der Waals surface area contributed by atoms with Gasteiger partial charge < -0.3 is 4.98 Å². The second-order valence-corrected chi connectivity index (χ2v) is 11.9. The fraction of sp³-hybridized carbons (Fsp3) is 0.0227. The molecule has 7 aromatic rings. The number of hydrogen-bond acceptors (Lipinski definition) is 1. The first kappa shape index (κ1) is 26.4. The van der Waals surface area contributed by atoms with Crippen molar-refractivity contribution in [3.8, 4) is 33.6 Å². The Labute approximate surface area is 269 Å². The lowest BCUT2D eigenvalue weighted by atomic mass is 9.67. The molecule has 1 aromatic heterocycles. The largest absolute Gasteiger partial charge is 0.353 e. The maximum absolute atomic E-state index is 5.93. The molecule has 1 unspecified atom stereocenters. The summed E-state index contributed by atoms with van der Waals surface area (Å²) in [5, 5.41) is 0. The van der Waals surface area contributed by atoms with Gasteiger partial charge in [0, 0.05) is 33.4 Å². The molecule has 2 nitrogen and oxygen atoms in total. The van der Waals surface area contributed by atoms with Crippen LogP contribution in [0.5, 0.6) is 0 Å². The molecule has 1 N–H and O–H groups in total. The normalized spacial score (nSPS) is 16.4. The molecule has 0 saturated heterocycles. The first-order chi connectivity index (χ1) is 22.8. The molecule has 0 saturated carbocycles. The average Bonchev–Trinajstić information content (AvgIpc) is 3.72. The van der Waals surface area contributed by atoms with Crippen LogP contribution in [0.3, 0.4) is 0 Å². The van der Waals surface area contributed by atoms with Crippen molar-refractivity contribution in [2.45, 2.75) is 5.54 Å². The zero-order valence-corrected chi connectivity index (χ0v) is 25.2. The molecule has 2 heterocycles. The Kier molecular flexibility index (Phi) is 6.07. The number of fused-ring (bicyclic) bond motifs is 6. The van der Waals surface area contributed by atoms with Crippen molar-refractivity contribution in [1.29, 1.82) is 0 Å². The predicted molar refractivity (Wildman–Crippen MR) is 191 cm³/mol. The summed E-state index contributed by atoms with van der Waals surface area (Å²) in [6, 6.07) is 62.8. The van der Waals surface area contributed by atoms with Gasteiger partial charge in [-0.15, -0.1) is 0 Å². The Morgan fingerprint density at radius 1 is 0.413 bits per heavy atom. The zero-order chi connectivity index (χ0) is 30.5. The third kappa shape index (κ3) is 3.87. The lowest BCUT2D eigenvalue weighted by molar-refractivity contribution is 0.715. The van der Waals surface area contributed by atoms with Gasteiger partial charge >= 0.3 is 0 Å². The quantitative estimate of drug-likeness (QED) is 0.208. The van der Waals surface area contributed by atoms with E-state index in [9.17, 15) is 0 Å². The number of aliphatic imine (C=N–C) groups is 1. The summed E-state index contributed by atoms with van der Waals surface area (Å²) in [5.41, 5.74) is 15.4.